The van der Waals surface area contributed by atoms with Crippen molar-refractivity contribution in [3.05, 3.63) is 34.9 Å². The van der Waals surface area contributed by atoms with Crippen LogP contribution in [0.25, 0.3) is 0 Å². The third-order valence-electron chi connectivity index (χ3n) is 3.77. The van der Waals surface area contributed by atoms with E-state index >= 15 is 0 Å². The van der Waals surface area contributed by atoms with Gasteiger partial charge >= 0.3 is 0 Å². The number of aryl methyl sites for hydroxylation is 2. The van der Waals surface area contributed by atoms with E-state index in [4.69, 9.17) is 4.74 Å². The van der Waals surface area contributed by atoms with Crippen molar-refractivity contribution in [3.63, 3.8) is 0 Å². The Morgan fingerprint density at radius 2 is 2.14 bits per heavy atom. The van der Waals surface area contributed by atoms with E-state index in [1.807, 2.05) is 0 Å². The largest absolute Gasteiger partial charge is 0.376 e. The van der Waals surface area contributed by atoms with Crippen LogP contribution in [0.4, 0.5) is 0 Å². The number of guanidine groups is 1. The van der Waals surface area contributed by atoms with Gasteiger partial charge in [0.2, 0.25) is 0 Å². The summed E-state index contributed by atoms with van der Waals surface area (Å²) in [5.41, 5.74) is 3.87. The van der Waals surface area contributed by atoms with Crippen molar-refractivity contribution in [2.75, 3.05) is 19.7 Å². The second-order valence-corrected chi connectivity index (χ2v) is 5.64. The Morgan fingerprint density at radius 3 is 2.77 bits per heavy atom. The number of ether oxygens (including phenoxy) is 1. The van der Waals surface area contributed by atoms with Gasteiger partial charge in [0.05, 0.1) is 12.6 Å². The fraction of sp³-hybridized carbons (Fsp3) is 0.588. The van der Waals surface area contributed by atoms with Crippen LogP contribution in [-0.2, 0) is 11.3 Å². The van der Waals surface area contributed by atoms with Crippen LogP contribution >= 0.6 is 24.0 Å². The number of nitrogens with zero attached hydrogens (tertiary/aromatic N) is 1. The lowest BCUT2D eigenvalue weighted by Gasteiger charge is -2.15. The molecule has 1 atom stereocenters. The van der Waals surface area contributed by atoms with Crippen LogP contribution in [0.3, 0.4) is 0 Å². The van der Waals surface area contributed by atoms with E-state index < -0.39 is 0 Å². The third kappa shape index (κ3) is 6.12. The molecule has 0 spiro atoms. The van der Waals surface area contributed by atoms with Gasteiger partial charge in [-0.15, -0.1) is 24.0 Å². The zero-order valence-corrected chi connectivity index (χ0v) is 16.1. The Hall–Kier alpha value is -0.820. The monoisotopic (exact) mass is 417 g/mol. The van der Waals surface area contributed by atoms with Crippen LogP contribution in [0.5, 0.6) is 0 Å². The van der Waals surface area contributed by atoms with Gasteiger partial charge in [0.1, 0.15) is 0 Å². The average Bonchev–Trinajstić information content (AvgIpc) is 2.96. The van der Waals surface area contributed by atoms with Crippen LogP contribution in [0.15, 0.2) is 23.2 Å². The van der Waals surface area contributed by atoms with E-state index in [1.165, 1.54) is 23.1 Å². The van der Waals surface area contributed by atoms with E-state index in [0.717, 1.165) is 32.1 Å². The first-order valence-corrected chi connectivity index (χ1v) is 7.89. The molecule has 0 amide bonds. The first kappa shape index (κ1) is 19.2. The smallest absolute Gasteiger partial charge is 0.191 e. The lowest BCUT2D eigenvalue weighted by molar-refractivity contribution is 0.114. The summed E-state index contributed by atoms with van der Waals surface area (Å²) in [4.78, 5) is 4.67. The summed E-state index contributed by atoms with van der Waals surface area (Å²) in [6.45, 7) is 9.64. The number of aliphatic imine (C=N–C) groups is 1. The van der Waals surface area contributed by atoms with Gasteiger partial charge in [-0.05, 0) is 44.7 Å². The summed E-state index contributed by atoms with van der Waals surface area (Å²) < 4.78 is 5.63. The highest BCUT2D eigenvalue weighted by Crippen LogP contribution is 2.12. The van der Waals surface area contributed by atoms with Crippen molar-refractivity contribution in [1.29, 1.82) is 0 Å². The molecule has 2 rings (SSSR count). The molecule has 4 nitrogen and oxygen atoms in total. The number of benzene rings is 1. The lowest BCUT2D eigenvalue weighted by Crippen LogP contribution is -2.41. The highest BCUT2D eigenvalue weighted by atomic mass is 127. The number of hydrogen-bond donors (Lipinski definition) is 2. The van der Waals surface area contributed by atoms with Crippen LogP contribution < -0.4 is 10.6 Å². The summed E-state index contributed by atoms with van der Waals surface area (Å²) in [5.74, 6) is 0.868. The van der Waals surface area contributed by atoms with Gasteiger partial charge < -0.3 is 15.4 Å². The quantitative estimate of drug-likeness (QED) is 0.440. The maximum Gasteiger partial charge on any atom is 0.191 e. The second kappa shape index (κ2) is 10.0. The van der Waals surface area contributed by atoms with E-state index in [1.54, 1.807) is 0 Å². The number of rotatable bonds is 5. The van der Waals surface area contributed by atoms with E-state index in [-0.39, 0.29) is 24.0 Å². The molecule has 1 fully saturated rings. The Morgan fingerprint density at radius 1 is 1.32 bits per heavy atom. The molecule has 22 heavy (non-hydrogen) atoms. The zero-order chi connectivity index (χ0) is 15.1. The van der Waals surface area contributed by atoms with Gasteiger partial charge in [-0.2, -0.15) is 0 Å². The summed E-state index contributed by atoms with van der Waals surface area (Å²) in [7, 11) is 0. The Labute approximate surface area is 151 Å². The van der Waals surface area contributed by atoms with Crippen molar-refractivity contribution in [2.24, 2.45) is 4.99 Å². The minimum absolute atomic E-state index is 0. The van der Waals surface area contributed by atoms with Gasteiger partial charge in [-0.25, -0.2) is 4.99 Å². The molecule has 0 aliphatic carbocycles. The van der Waals surface area contributed by atoms with Crippen LogP contribution in [0.2, 0.25) is 0 Å². The van der Waals surface area contributed by atoms with E-state index in [2.05, 4.69) is 54.6 Å². The van der Waals surface area contributed by atoms with Crippen LogP contribution in [0.1, 0.15) is 36.5 Å². The maximum absolute atomic E-state index is 5.63. The van der Waals surface area contributed by atoms with Gasteiger partial charge in [0.15, 0.2) is 5.96 Å². The molecule has 1 unspecified atom stereocenters. The molecule has 1 heterocycles. The van der Waals surface area contributed by atoms with Crippen molar-refractivity contribution in [1.82, 2.24) is 10.6 Å². The van der Waals surface area contributed by atoms with Crippen molar-refractivity contribution >= 4 is 29.9 Å². The van der Waals surface area contributed by atoms with Gasteiger partial charge in [-0.1, -0.05) is 23.8 Å². The topological polar surface area (TPSA) is 45.7 Å². The number of hydrogen-bond acceptors (Lipinski definition) is 2. The standard InChI is InChI=1S/C17H27N3O.HI/c1-4-18-17(20-12-16-6-5-9-21-16)19-11-15-8-7-13(2)10-14(15)3;/h7-8,10,16H,4-6,9,11-12H2,1-3H3,(H2,18,19,20);1H. The Kier molecular flexibility index (Phi) is 8.78. The van der Waals surface area contributed by atoms with Crippen molar-refractivity contribution in [2.45, 2.75) is 46.3 Å². The predicted molar refractivity (Wildman–Crippen MR) is 103 cm³/mol. The molecule has 1 aliphatic heterocycles. The maximum atomic E-state index is 5.63. The third-order valence-corrected chi connectivity index (χ3v) is 3.77. The molecule has 0 radical (unpaired) electrons. The summed E-state index contributed by atoms with van der Waals surface area (Å²) >= 11 is 0. The summed E-state index contributed by atoms with van der Waals surface area (Å²) in [6.07, 6.45) is 2.64. The minimum Gasteiger partial charge on any atom is -0.376 e. The van der Waals surface area contributed by atoms with Crippen molar-refractivity contribution in [3.8, 4) is 0 Å². The minimum atomic E-state index is 0. The molecule has 1 aliphatic rings. The Balaban J connectivity index is 0.00000242. The molecule has 0 aromatic heterocycles. The normalized spacial score (nSPS) is 18.0. The highest BCUT2D eigenvalue weighted by molar-refractivity contribution is 14.0. The van der Waals surface area contributed by atoms with Crippen LogP contribution in [0, 0.1) is 13.8 Å². The summed E-state index contributed by atoms with van der Waals surface area (Å²) in [5, 5.41) is 6.67. The lowest BCUT2D eigenvalue weighted by atomic mass is 10.1. The highest BCUT2D eigenvalue weighted by Gasteiger charge is 2.15. The number of halogens is 1. The van der Waals surface area contributed by atoms with Gasteiger partial charge in [0, 0.05) is 19.7 Å². The Bertz CT molecular complexity index is 485. The molecule has 0 saturated carbocycles. The molecule has 1 saturated heterocycles. The first-order valence-electron chi connectivity index (χ1n) is 7.89. The van der Waals surface area contributed by atoms with E-state index in [0.29, 0.717) is 12.6 Å². The summed E-state index contributed by atoms with van der Waals surface area (Å²) in [6, 6.07) is 6.51. The van der Waals surface area contributed by atoms with E-state index in [9.17, 15) is 0 Å². The average molecular weight is 417 g/mol. The number of nitrogens with one attached hydrogen (secondary N) is 2. The molecule has 5 heteroatoms. The van der Waals surface area contributed by atoms with Crippen molar-refractivity contribution < 1.29 is 4.74 Å². The fourth-order valence-electron chi connectivity index (χ4n) is 2.55. The zero-order valence-electron chi connectivity index (χ0n) is 13.8. The SMILES string of the molecule is CCNC(=NCc1ccc(C)cc1C)NCC1CCCO1.I. The molecule has 2 N–H and O–H groups in total. The molecular weight excluding hydrogens is 389 g/mol. The second-order valence-electron chi connectivity index (χ2n) is 5.64. The first-order chi connectivity index (χ1) is 10.2. The molecular formula is C17H28IN3O. The fourth-order valence-corrected chi connectivity index (χ4v) is 2.55. The van der Waals surface area contributed by atoms with Gasteiger partial charge in [-0.3, -0.25) is 0 Å². The molecule has 124 valence electrons. The predicted octanol–water partition coefficient (Wildman–Crippen LogP) is 3.16. The van der Waals surface area contributed by atoms with Crippen LogP contribution in [-0.4, -0.2) is 31.8 Å². The molecule has 0 bridgehead atoms. The molecule has 1 aromatic rings. The molecule has 1 aromatic carbocycles. The van der Waals surface area contributed by atoms with Gasteiger partial charge in [0.25, 0.3) is 0 Å².